The first-order chi connectivity index (χ1) is 8.50. The quantitative estimate of drug-likeness (QED) is 0.279. The largest absolute Gasteiger partial charge is 0.445 e. The number of rotatable bonds is 9. The Hall–Kier alpha value is -0.640. The van der Waals surface area contributed by atoms with Gasteiger partial charge in [0.25, 0.3) is 0 Å². The fourth-order valence-corrected chi connectivity index (χ4v) is 2.56. The number of hydrogen-bond acceptors (Lipinski definition) is 5. The molecule has 0 aromatic rings. The average molecular weight is 278 g/mol. The number of carbonyl (C=O) groups excluding carboxylic acids is 1. The van der Waals surface area contributed by atoms with Crippen molar-refractivity contribution in [2.75, 3.05) is 14.2 Å². The molecule has 1 atom stereocenters. The highest BCUT2D eigenvalue weighted by Gasteiger charge is 2.34. The highest BCUT2D eigenvalue weighted by atomic mass is 31.2. The second-order valence-corrected chi connectivity index (χ2v) is 6.15. The normalized spacial score (nSPS) is 13.8. The van der Waals surface area contributed by atoms with Crippen LogP contribution in [0, 0.1) is 0 Å². The molecule has 0 saturated carbocycles. The minimum Gasteiger partial charge on any atom is -0.445 e. The van der Waals surface area contributed by atoms with Gasteiger partial charge in [-0.25, -0.2) is 0 Å². The van der Waals surface area contributed by atoms with Crippen LogP contribution in [-0.4, -0.2) is 26.0 Å². The van der Waals surface area contributed by atoms with E-state index in [1.807, 2.05) is 6.08 Å². The monoisotopic (exact) mass is 278 g/mol. The van der Waals surface area contributed by atoms with Gasteiger partial charge in [-0.05, 0) is 18.9 Å². The van der Waals surface area contributed by atoms with Crippen molar-refractivity contribution in [1.29, 1.82) is 0 Å². The van der Waals surface area contributed by atoms with E-state index in [1.165, 1.54) is 21.1 Å². The Morgan fingerprint density at radius 2 is 1.89 bits per heavy atom. The van der Waals surface area contributed by atoms with Gasteiger partial charge in [0, 0.05) is 21.1 Å². The van der Waals surface area contributed by atoms with E-state index >= 15 is 0 Å². The van der Waals surface area contributed by atoms with Crippen molar-refractivity contribution in [2.45, 2.75) is 45.4 Å². The fourth-order valence-electron chi connectivity index (χ4n) is 1.39. The molecule has 0 aliphatic heterocycles. The number of allylic oxidation sites excluding steroid dienone is 1. The molecule has 0 heterocycles. The minimum atomic E-state index is -3.43. The lowest BCUT2D eigenvalue weighted by Crippen LogP contribution is -2.16. The Morgan fingerprint density at radius 1 is 1.28 bits per heavy atom. The second-order valence-electron chi connectivity index (χ2n) is 3.83. The summed E-state index contributed by atoms with van der Waals surface area (Å²) in [6.07, 6.45) is 7.58. The van der Waals surface area contributed by atoms with Gasteiger partial charge in [0.05, 0.1) is 0 Å². The first kappa shape index (κ1) is 17.4. The van der Waals surface area contributed by atoms with Gasteiger partial charge in [0.2, 0.25) is 5.85 Å². The maximum absolute atomic E-state index is 12.1. The Morgan fingerprint density at radius 3 is 2.33 bits per heavy atom. The maximum atomic E-state index is 12.1. The summed E-state index contributed by atoms with van der Waals surface area (Å²) in [5.74, 6) is -1.50. The summed E-state index contributed by atoms with van der Waals surface area (Å²) >= 11 is 0. The van der Waals surface area contributed by atoms with E-state index in [0.29, 0.717) is 0 Å². The smallest absolute Gasteiger partial charge is 0.374 e. The molecule has 6 heteroatoms. The molecule has 0 N–H and O–H groups in total. The van der Waals surface area contributed by atoms with Crippen molar-refractivity contribution in [3.63, 3.8) is 0 Å². The van der Waals surface area contributed by atoms with Crippen molar-refractivity contribution < 1.29 is 23.1 Å². The molecule has 0 bridgehead atoms. The molecule has 0 aromatic carbocycles. The van der Waals surface area contributed by atoms with Gasteiger partial charge in [-0.15, -0.1) is 0 Å². The van der Waals surface area contributed by atoms with Crippen LogP contribution in [0.1, 0.15) is 39.5 Å². The van der Waals surface area contributed by atoms with Crippen LogP contribution in [0.2, 0.25) is 0 Å². The highest BCUT2D eigenvalue weighted by Crippen LogP contribution is 2.52. The van der Waals surface area contributed by atoms with Crippen molar-refractivity contribution in [3.05, 3.63) is 12.2 Å². The minimum absolute atomic E-state index is 0.521. The Labute approximate surface area is 109 Å². The molecule has 0 aromatic heterocycles. The van der Waals surface area contributed by atoms with Crippen LogP contribution >= 0.6 is 7.60 Å². The molecule has 106 valence electrons. The summed E-state index contributed by atoms with van der Waals surface area (Å²) < 4.78 is 26.8. The van der Waals surface area contributed by atoms with Crippen LogP contribution in [0.4, 0.5) is 0 Å². The predicted octanol–water partition coefficient (Wildman–Crippen LogP) is 3.50. The lowest BCUT2D eigenvalue weighted by atomic mass is 10.2. The second kappa shape index (κ2) is 9.31. The molecule has 18 heavy (non-hydrogen) atoms. The summed E-state index contributed by atoms with van der Waals surface area (Å²) in [4.78, 5) is 11.0. The molecule has 0 unspecified atom stereocenters. The van der Waals surface area contributed by atoms with E-state index in [1.54, 1.807) is 6.08 Å². The first-order valence-electron chi connectivity index (χ1n) is 6.05. The van der Waals surface area contributed by atoms with E-state index in [2.05, 4.69) is 6.92 Å². The molecule has 0 rings (SSSR count). The van der Waals surface area contributed by atoms with Crippen LogP contribution in [-0.2, 0) is 23.1 Å². The summed E-state index contributed by atoms with van der Waals surface area (Å²) in [7, 11) is -0.892. The first-order valence-corrected chi connectivity index (χ1v) is 7.66. The molecule has 0 aliphatic rings. The summed E-state index contributed by atoms with van der Waals surface area (Å²) in [6.45, 7) is 3.38. The van der Waals surface area contributed by atoms with E-state index in [4.69, 9.17) is 13.8 Å². The van der Waals surface area contributed by atoms with E-state index in [9.17, 15) is 9.36 Å². The van der Waals surface area contributed by atoms with Crippen LogP contribution in [0.15, 0.2) is 12.2 Å². The molecular weight excluding hydrogens is 255 g/mol. The fraction of sp³-hybridized carbons (Fsp3) is 0.750. The number of carbonyl (C=O) groups is 1. The van der Waals surface area contributed by atoms with Crippen molar-refractivity contribution in [2.24, 2.45) is 0 Å². The van der Waals surface area contributed by atoms with Gasteiger partial charge >= 0.3 is 13.6 Å². The maximum Gasteiger partial charge on any atom is 0.374 e. The van der Waals surface area contributed by atoms with E-state index in [0.717, 1.165) is 25.7 Å². The van der Waals surface area contributed by atoms with Crippen LogP contribution in [0.3, 0.4) is 0 Å². The van der Waals surface area contributed by atoms with E-state index < -0.39 is 19.4 Å². The molecule has 0 spiro atoms. The number of hydrogen-bond donors (Lipinski definition) is 0. The predicted molar refractivity (Wildman–Crippen MR) is 70.5 cm³/mol. The highest BCUT2D eigenvalue weighted by molar-refractivity contribution is 7.54. The standard InChI is InChI=1S/C12H23O5P/c1-5-6-7-8-9-10-12(17-11(2)13)18(14,15-3)16-4/h9-10,12H,5-8H2,1-4H3/b10-9+/t12-/m0/s1. The molecule has 0 aliphatic carbocycles. The van der Waals surface area contributed by atoms with E-state index in [-0.39, 0.29) is 0 Å². The Kier molecular flexibility index (Phi) is 8.98. The Balaban J connectivity index is 4.58. The number of ether oxygens (including phenoxy) is 1. The molecule has 0 saturated heterocycles. The third-order valence-electron chi connectivity index (χ3n) is 2.38. The lowest BCUT2D eigenvalue weighted by Gasteiger charge is -2.21. The van der Waals surface area contributed by atoms with Gasteiger partial charge in [0.1, 0.15) is 0 Å². The van der Waals surface area contributed by atoms with Crippen molar-refractivity contribution in [1.82, 2.24) is 0 Å². The van der Waals surface area contributed by atoms with Gasteiger partial charge in [-0.1, -0.05) is 25.8 Å². The lowest BCUT2D eigenvalue weighted by molar-refractivity contribution is -0.142. The summed E-state index contributed by atoms with van der Waals surface area (Å²) in [5.41, 5.74) is 0. The summed E-state index contributed by atoms with van der Waals surface area (Å²) in [6, 6.07) is 0. The molecule has 0 amide bonds. The third kappa shape index (κ3) is 6.34. The van der Waals surface area contributed by atoms with Crippen molar-refractivity contribution in [3.8, 4) is 0 Å². The van der Waals surface area contributed by atoms with Crippen molar-refractivity contribution >= 4 is 13.6 Å². The third-order valence-corrected chi connectivity index (χ3v) is 4.30. The molecule has 5 nitrogen and oxygen atoms in total. The molecule has 0 fully saturated rings. The van der Waals surface area contributed by atoms with Crippen LogP contribution < -0.4 is 0 Å². The van der Waals surface area contributed by atoms with Gasteiger partial charge in [-0.2, -0.15) is 0 Å². The SMILES string of the molecule is CCCCC/C=C/[C@@H](OC(C)=O)P(=O)(OC)OC. The number of unbranched alkanes of at least 4 members (excludes halogenated alkanes) is 3. The summed E-state index contributed by atoms with van der Waals surface area (Å²) in [5, 5.41) is 0. The average Bonchev–Trinajstić information content (AvgIpc) is 2.35. The zero-order chi connectivity index (χ0) is 14.0. The van der Waals surface area contributed by atoms with Gasteiger partial charge in [-0.3, -0.25) is 9.36 Å². The molecular formula is C12H23O5P. The Bertz CT molecular complexity index is 306. The zero-order valence-electron chi connectivity index (χ0n) is 11.5. The topological polar surface area (TPSA) is 61.8 Å². The van der Waals surface area contributed by atoms with Gasteiger partial charge < -0.3 is 13.8 Å². The molecule has 0 radical (unpaired) electrons. The zero-order valence-corrected chi connectivity index (χ0v) is 12.4. The van der Waals surface area contributed by atoms with Crippen LogP contribution in [0.25, 0.3) is 0 Å². The van der Waals surface area contributed by atoms with Gasteiger partial charge in [0.15, 0.2) is 0 Å². The van der Waals surface area contributed by atoms with Crippen LogP contribution in [0.5, 0.6) is 0 Å². The number of esters is 1.